The second kappa shape index (κ2) is 6.25. The number of anilines is 2. The number of benzene rings is 2. The normalized spacial score (nSPS) is 10.3. The van der Waals surface area contributed by atoms with Crippen LogP contribution in [0.2, 0.25) is 5.02 Å². The number of hydrogen-bond donors (Lipinski definition) is 1. The van der Waals surface area contributed by atoms with Gasteiger partial charge in [-0.3, -0.25) is 0 Å². The van der Waals surface area contributed by atoms with E-state index >= 15 is 0 Å². The van der Waals surface area contributed by atoms with Gasteiger partial charge in [-0.1, -0.05) is 47.6 Å². The van der Waals surface area contributed by atoms with Crippen LogP contribution in [0.15, 0.2) is 42.5 Å². The van der Waals surface area contributed by atoms with E-state index in [2.05, 4.69) is 43.0 Å². The van der Waals surface area contributed by atoms with E-state index in [0.29, 0.717) is 10.0 Å². The van der Waals surface area contributed by atoms with Gasteiger partial charge in [0.25, 0.3) is 0 Å². The van der Waals surface area contributed by atoms with Crippen molar-refractivity contribution in [1.29, 1.82) is 0 Å². The number of halogens is 1. The van der Waals surface area contributed by atoms with E-state index in [1.807, 2.05) is 18.2 Å². The molecule has 0 aromatic heterocycles. The second-order valence-corrected chi connectivity index (χ2v) is 5.43. The number of nitrogens with two attached hydrogens (primary N) is 1. The number of aryl methyl sites for hydroxylation is 1. The van der Waals surface area contributed by atoms with Gasteiger partial charge in [-0.15, -0.1) is 0 Å². The summed E-state index contributed by atoms with van der Waals surface area (Å²) in [5, 5.41) is 0.584. The average Bonchev–Trinajstić information content (AvgIpc) is 2.41. The summed E-state index contributed by atoms with van der Waals surface area (Å²) in [4.78, 5) is 2.47. The Bertz CT molecular complexity index is 623. The molecule has 0 fully saturated rings. The van der Waals surface area contributed by atoms with Crippen LogP contribution in [-0.2, 0) is 0 Å². The molecule has 0 atom stereocenters. The molecule has 0 aliphatic heterocycles. The predicted molar refractivity (Wildman–Crippen MR) is 91.2 cm³/mol. The van der Waals surface area contributed by atoms with Gasteiger partial charge in [-0.2, -0.15) is 0 Å². The first-order valence-corrected chi connectivity index (χ1v) is 7.25. The average molecular weight is 305 g/mol. The van der Waals surface area contributed by atoms with Crippen molar-refractivity contribution < 1.29 is 0 Å². The lowest BCUT2D eigenvalue weighted by Crippen LogP contribution is -2.21. The second-order valence-electron chi connectivity index (χ2n) is 4.58. The number of thiocarbonyl (C=S) groups is 1. The summed E-state index contributed by atoms with van der Waals surface area (Å²) in [6.45, 7) is 4.96. The Labute approximate surface area is 130 Å². The van der Waals surface area contributed by atoms with Crippen LogP contribution in [0.5, 0.6) is 0 Å². The van der Waals surface area contributed by atoms with Crippen LogP contribution in [-0.4, -0.2) is 11.5 Å². The molecule has 0 aliphatic carbocycles. The highest BCUT2D eigenvalue weighted by Gasteiger charge is 2.16. The third-order valence-corrected chi connectivity index (χ3v) is 3.71. The molecule has 20 heavy (non-hydrogen) atoms. The molecule has 0 amide bonds. The van der Waals surface area contributed by atoms with E-state index in [4.69, 9.17) is 29.6 Å². The molecular weight excluding hydrogens is 288 g/mol. The summed E-state index contributed by atoms with van der Waals surface area (Å²) in [5.74, 6) is 0. The molecule has 0 spiro atoms. The molecule has 2 aromatic rings. The van der Waals surface area contributed by atoms with Gasteiger partial charge >= 0.3 is 0 Å². The Morgan fingerprint density at radius 3 is 2.40 bits per heavy atom. The largest absolute Gasteiger partial charge is 0.389 e. The van der Waals surface area contributed by atoms with Crippen molar-refractivity contribution in [2.75, 3.05) is 11.4 Å². The Kier molecular flexibility index (Phi) is 4.63. The van der Waals surface area contributed by atoms with Crippen molar-refractivity contribution in [3.8, 4) is 0 Å². The summed E-state index contributed by atoms with van der Waals surface area (Å²) in [6.07, 6.45) is 0. The van der Waals surface area contributed by atoms with E-state index < -0.39 is 0 Å². The lowest BCUT2D eigenvalue weighted by Gasteiger charge is -2.26. The molecule has 2 rings (SSSR count). The highest BCUT2D eigenvalue weighted by Crippen LogP contribution is 2.32. The Balaban J connectivity index is 2.55. The molecule has 0 aliphatic rings. The summed E-state index contributed by atoms with van der Waals surface area (Å²) in [5.41, 5.74) is 9.82. The third kappa shape index (κ3) is 2.94. The summed E-state index contributed by atoms with van der Waals surface area (Å²) in [6, 6.07) is 14.1. The molecule has 0 unspecified atom stereocenters. The minimum Gasteiger partial charge on any atom is -0.389 e. The maximum absolute atomic E-state index is 6.24. The van der Waals surface area contributed by atoms with Crippen molar-refractivity contribution in [1.82, 2.24) is 0 Å². The molecule has 0 heterocycles. The van der Waals surface area contributed by atoms with Crippen molar-refractivity contribution in [3.63, 3.8) is 0 Å². The van der Waals surface area contributed by atoms with Crippen LogP contribution in [0, 0.1) is 6.92 Å². The number of rotatable bonds is 4. The van der Waals surface area contributed by atoms with Crippen LogP contribution >= 0.6 is 23.8 Å². The van der Waals surface area contributed by atoms with Crippen molar-refractivity contribution in [2.45, 2.75) is 13.8 Å². The number of nitrogens with zero attached hydrogens (tertiary/aromatic N) is 1. The van der Waals surface area contributed by atoms with Crippen LogP contribution < -0.4 is 10.6 Å². The first kappa shape index (κ1) is 14.8. The Morgan fingerprint density at radius 1 is 1.20 bits per heavy atom. The van der Waals surface area contributed by atoms with E-state index in [0.717, 1.165) is 23.5 Å². The third-order valence-electron chi connectivity index (χ3n) is 3.19. The minimum atomic E-state index is 0.316. The van der Waals surface area contributed by atoms with Crippen LogP contribution in [0.4, 0.5) is 11.4 Å². The molecule has 0 bridgehead atoms. The van der Waals surface area contributed by atoms with Crippen LogP contribution in [0.3, 0.4) is 0 Å². The van der Waals surface area contributed by atoms with Gasteiger partial charge in [0.15, 0.2) is 0 Å². The molecule has 0 radical (unpaired) electrons. The van der Waals surface area contributed by atoms with E-state index in [1.54, 1.807) is 0 Å². The van der Waals surface area contributed by atoms with Gasteiger partial charge < -0.3 is 10.6 Å². The van der Waals surface area contributed by atoms with Crippen molar-refractivity contribution >= 4 is 40.2 Å². The van der Waals surface area contributed by atoms with Gasteiger partial charge in [0.2, 0.25) is 0 Å². The van der Waals surface area contributed by atoms with Crippen molar-refractivity contribution in [2.24, 2.45) is 5.73 Å². The van der Waals surface area contributed by atoms with Gasteiger partial charge in [0.1, 0.15) is 4.99 Å². The SMILES string of the molecule is CCN(c1ccc(C)cc1)c1cccc(Cl)c1C(N)=S. The molecule has 2 aromatic carbocycles. The summed E-state index contributed by atoms with van der Waals surface area (Å²) < 4.78 is 0. The smallest absolute Gasteiger partial charge is 0.107 e. The minimum absolute atomic E-state index is 0.316. The van der Waals surface area contributed by atoms with Crippen LogP contribution in [0.25, 0.3) is 0 Å². The number of hydrogen-bond acceptors (Lipinski definition) is 2. The molecular formula is C16H17ClN2S. The molecule has 104 valence electrons. The summed E-state index contributed by atoms with van der Waals surface area (Å²) in [7, 11) is 0. The topological polar surface area (TPSA) is 29.3 Å². The zero-order chi connectivity index (χ0) is 14.7. The zero-order valence-electron chi connectivity index (χ0n) is 11.6. The summed E-state index contributed by atoms with van der Waals surface area (Å²) >= 11 is 11.4. The quantitative estimate of drug-likeness (QED) is 0.847. The Hall–Kier alpha value is -1.58. The van der Waals surface area contributed by atoms with E-state index in [-0.39, 0.29) is 0 Å². The first-order chi connectivity index (χ1) is 9.54. The lowest BCUT2D eigenvalue weighted by atomic mass is 10.1. The van der Waals surface area contributed by atoms with Gasteiger partial charge in [-0.05, 0) is 38.1 Å². The van der Waals surface area contributed by atoms with Gasteiger partial charge in [-0.25, -0.2) is 0 Å². The molecule has 2 nitrogen and oxygen atoms in total. The molecule has 0 saturated heterocycles. The zero-order valence-corrected chi connectivity index (χ0v) is 13.1. The fraction of sp³-hybridized carbons (Fsp3) is 0.188. The molecule has 0 saturated carbocycles. The van der Waals surface area contributed by atoms with E-state index in [9.17, 15) is 0 Å². The van der Waals surface area contributed by atoms with E-state index in [1.165, 1.54) is 5.56 Å². The monoisotopic (exact) mass is 304 g/mol. The molecule has 4 heteroatoms. The predicted octanol–water partition coefficient (Wildman–Crippen LogP) is 4.44. The first-order valence-electron chi connectivity index (χ1n) is 6.47. The fourth-order valence-corrected chi connectivity index (χ4v) is 2.74. The molecule has 2 N–H and O–H groups in total. The van der Waals surface area contributed by atoms with Crippen molar-refractivity contribution in [3.05, 3.63) is 58.6 Å². The highest BCUT2D eigenvalue weighted by atomic mass is 35.5. The maximum Gasteiger partial charge on any atom is 0.107 e. The van der Waals surface area contributed by atoms with Gasteiger partial charge in [0, 0.05) is 12.2 Å². The van der Waals surface area contributed by atoms with Gasteiger partial charge in [0.05, 0.1) is 16.3 Å². The van der Waals surface area contributed by atoms with Crippen LogP contribution in [0.1, 0.15) is 18.1 Å². The fourth-order valence-electron chi connectivity index (χ4n) is 2.20. The maximum atomic E-state index is 6.24. The lowest BCUT2D eigenvalue weighted by molar-refractivity contribution is 1.02. The standard InChI is InChI=1S/C16H17ClN2S/c1-3-19(12-9-7-11(2)8-10-12)14-6-4-5-13(17)15(14)16(18)20/h4-10H,3H2,1-2H3,(H2,18,20). The Morgan fingerprint density at radius 2 is 1.85 bits per heavy atom. The highest BCUT2D eigenvalue weighted by molar-refractivity contribution is 7.80.